The molecule has 5 rings (SSSR count). The number of hydrogen-bond acceptors (Lipinski definition) is 8. The topological polar surface area (TPSA) is 97.2 Å². The molecule has 4 atom stereocenters. The van der Waals surface area contributed by atoms with Crippen molar-refractivity contribution in [3.63, 3.8) is 0 Å². The van der Waals surface area contributed by atoms with Gasteiger partial charge >= 0.3 is 0 Å². The highest BCUT2D eigenvalue weighted by atomic mass is 19.1. The van der Waals surface area contributed by atoms with Gasteiger partial charge in [-0.2, -0.15) is 5.10 Å². The van der Waals surface area contributed by atoms with Crippen molar-refractivity contribution in [1.82, 2.24) is 25.4 Å². The van der Waals surface area contributed by atoms with Gasteiger partial charge in [0.1, 0.15) is 11.9 Å². The predicted molar refractivity (Wildman–Crippen MR) is 126 cm³/mol. The lowest BCUT2D eigenvalue weighted by Gasteiger charge is -2.50. The molecule has 0 spiro atoms. The van der Waals surface area contributed by atoms with E-state index in [1.165, 1.54) is 7.11 Å². The van der Waals surface area contributed by atoms with Gasteiger partial charge in [-0.15, -0.1) is 15.3 Å². The smallest absolute Gasteiger partial charge is 0.233 e. The van der Waals surface area contributed by atoms with Crippen molar-refractivity contribution in [2.75, 3.05) is 19.1 Å². The highest BCUT2D eigenvalue weighted by molar-refractivity contribution is 5.72. The van der Waals surface area contributed by atoms with E-state index < -0.39 is 6.17 Å². The van der Waals surface area contributed by atoms with Gasteiger partial charge in [-0.1, -0.05) is 19.4 Å². The number of phenolic OH excluding ortho intramolecular Hbond substituents is 1. The van der Waals surface area contributed by atoms with Crippen molar-refractivity contribution < 1.29 is 14.2 Å². The van der Waals surface area contributed by atoms with Crippen molar-refractivity contribution in [2.24, 2.45) is 11.3 Å². The van der Waals surface area contributed by atoms with Gasteiger partial charge in [-0.05, 0) is 54.7 Å². The summed E-state index contributed by atoms with van der Waals surface area (Å²) >= 11 is 0. The lowest BCUT2D eigenvalue weighted by Crippen LogP contribution is -2.52. The average Bonchev–Trinajstić information content (AvgIpc) is 2.86. The maximum atomic E-state index is 15.3. The Bertz CT molecular complexity index is 1180. The molecule has 2 saturated carbocycles. The molecule has 2 aliphatic rings. The number of alkyl halides is 1. The second-order valence-electron chi connectivity index (χ2n) is 9.85. The molecule has 2 fully saturated rings. The number of aromatic nitrogens is 5. The number of ether oxygens (including phenoxy) is 1. The van der Waals surface area contributed by atoms with Crippen molar-refractivity contribution in [3.8, 4) is 34.1 Å². The van der Waals surface area contributed by atoms with Gasteiger partial charge in [0, 0.05) is 18.7 Å². The Morgan fingerprint density at radius 3 is 2.71 bits per heavy atom. The Balaban J connectivity index is 1.36. The molecule has 8 nitrogen and oxygen atoms in total. The molecule has 9 heteroatoms. The zero-order valence-electron chi connectivity index (χ0n) is 19.6. The van der Waals surface area contributed by atoms with E-state index in [-0.39, 0.29) is 23.1 Å². The number of hydrogen-bond donors (Lipinski definition) is 1. The minimum atomic E-state index is -0.877. The Morgan fingerprint density at radius 1 is 1.12 bits per heavy atom. The first-order valence-corrected chi connectivity index (χ1v) is 11.6. The molecule has 34 heavy (non-hydrogen) atoms. The fourth-order valence-corrected chi connectivity index (χ4v) is 5.60. The van der Waals surface area contributed by atoms with Gasteiger partial charge < -0.3 is 14.7 Å². The summed E-state index contributed by atoms with van der Waals surface area (Å²) < 4.78 is 20.4. The molecular weight excluding hydrogens is 435 g/mol. The van der Waals surface area contributed by atoms with Gasteiger partial charge in [0.05, 0.1) is 31.1 Å². The molecule has 2 bridgehead atoms. The van der Waals surface area contributed by atoms with Gasteiger partial charge in [0.15, 0.2) is 11.6 Å². The van der Waals surface area contributed by atoms with Crippen molar-refractivity contribution in [3.05, 3.63) is 36.7 Å². The third-order valence-electron chi connectivity index (χ3n) is 7.45. The Labute approximate surface area is 198 Å². The Hall–Kier alpha value is -3.36. The van der Waals surface area contributed by atoms with Crippen LogP contribution in [0.1, 0.15) is 39.0 Å². The summed E-state index contributed by atoms with van der Waals surface area (Å²) in [6.45, 7) is 2.28. The molecule has 0 saturated heterocycles. The van der Waals surface area contributed by atoms with Crippen LogP contribution in [-0.2, 0) is 0 Å². The van der Waals surface area contributed by atoms with E-state index in [0.717, 1.165) is 43.2 Å². The number of methoxy groups -OCH3 is 1. The minimum Gasteiger partial charge on any atom is -0.507 e. The van der Waals surface area contributed by atoms with Crippen LogP contribution >= 0.6 is 0 Å². The fourth-order valence-electron chi connectivity index (χ4n) is 5.60. The zero-order valence-corrected chi connectivity index (χ0v) is 19.6. The van der Waals surface area contributed by atoms with Gasteiger partial charge in [-0.3, -0.25) is 0 Å². The predicted octanol–water partition coefficient (Wildman–Crippen LogP) is 4.45. The summed E-state index contributed by atoms with van der Waals surface area (Å²) in [5.74, 6) is 1.36. The number of aromatic hydroxyl groups is 1. The van der Waals surface area contributed by atoms with Crippen molar-refractivity contribution >= 4 is 5.82 Å². The van der Waals surface area contributed by atoms with Crippen LogP contribution in [-0.4, -0.2) is 56.9 Å². The molecular formula is C25H29FN6O2. The number of rotatable bonds is 5. The van der Waals surface area contributed by atoms with Crippen LogP contribution in [0.3, 0.4) is 0 Å². The number of halogens is 1. The third kappa shape index (κ3) is 4.15. The Kier molecular flexibility index (Phi) is 5.79. The van der Waals surface area contributed by atoms with Crippen LogP contribution < -0.4 is 9.64 Å². The molecule has 1 N–H and O–H groups in total. The average molecular weight is 465 g/mol. The normalized spacial score (nSPS) is 26.2. The first-order chi connectivity index (χ1) is 16.4. The van der Waals surface area contributed by atoms with Crippen molar-refractivity contribution in [1.29, 1.82) is 0 Å². The number of anilines is 1. The van der Waals surface area contributed by atoms with Gasteiger partial charge in [-0.25, -0.2) is 9.37 Å². The van der Waals surface area contributed by atoms with Crippen LogP contribution in [0.15, 0.2) is 36.7 Å². The van der Waals surface area contributed by atoms with E-state index in [1.54, 1.807) is 30.6 Å². The fraction of sp³-hybridized carbons (Fsp3) is 0.480. The quantitative estimate of drug-likeness (QED) is 0.591. The summed E-state index contributed by atoms with van der Waals surface area (Å²) in [5, 5.41) is 27.0. The van der Waals surface area contributed by atoms with E-state index in [1.807, 2.05) is 18.0 Å². The summed E-state index contributed by atoms with van der Waals surface area (Å²) in [5.41, 5.74) is 2.16. The van der Waals surface area contributed by atoms with E-state index in [0.29, 0.717) is 23.1 Å². The molecule has 1 aromatic carbocycles. The van der Waals surface area contributed by atoms with Crippen LogP contribution in [0.2, 0.25) is 0 Å². The summed E-state index contributed by atoms with van der Waals surface area (Å²) in [6, 6.07) is 6.69. The van der Waals surface area contributed by atoms with Gasteiger partial charge in [0.25, 0.3) is 0 Å². The first-order valence-electron chi connectivity index (χ1n) is 11.6. The second-order valence-corrected chi connectivity index (χ2v) is 9.85. The third-order valence-corrected chi connectivity index (χ3v) is 7.45. The summed E-state index contributed by atoms with van der Waals surface area (Å²) in [7, 11) is 3.39. The van der Waals surface area contributed by atoms with E-state index in [9.17, 15) is 5.11 Å². The van der Waals surface area contributed by atoms with Crippen molar-refractivity contribution in [2.45, 2.75) is 51.2 Å². The monoisotopic (exact) mass is 464 g/mol. The van der Waals surface area contributed by atoms with E-state index >= 15 is 4.39 Å². The van der Waals surface area contributed by atoms with E-state index in [2.05, 4.69) is 32.3 Å². The molecule has 2 aliphatic carbocycles. The molecule has 3 aromatic rings. The zero-order chi connectivity index (χ0) is 23.9. The number of benzene rings is 1. The maximum absolute atomic E-state index is 15.3. The highest BCUT2D eigenvalue weighted by Crippen LogP contribution is 2.50. The minimum absolute atomic E-state index is 0.0213. The lowest BCUT2D eigenvalue weighted by atomic mass is 9.60. The molecule has 2 aromatic heterocycles. The van der Waals surface area contributed by atoms with Crippen LogP contribution in [0.5, 0.6) is 11.6 Å². The van der Waals surface area contributed by atoms with Crippen LogP contribution in [0.25, 0.3) is 22.5 Å². The molecule has 0 radical (unpaired) electrons. The lowest BCUT2D eigenvalue weighted by molar-refractivity contribution is 0.0113. The Morgan fingerprint density at radius 2 is 1.97 bits per heavy atom. The number of fused-ring (bicyclic) bond motifs is 2. The molecule has 178 valence electrons. The van der Waals surface area contributed by atoms with E-state index in [4.69, 9.17) is 4.74 Å². The largest absolute Gasteiger partial charge is 0.507 e. The molecule has 2 heterocycles. The molecule has 0 aliphatic heterocycles. The highest BCUT2D eigenvalue weighted by Gasteiger charge is 2.47. The molecule has 0 amide bonds. The van der Waals surface area contributed by atoms with Crippen LogP contribution in [0, 0.1) is 11.3 Å². The standard InChI is InChI=1S/C25H29FN6O2/c1-25-8-4-5-16(11-25)23(26)19(12-25)32(2)21-14-27-24(31-29-21)18-7-6-15(9-20(18)33)17-10-22(34-3)30-28-13-17/h6-7,9-10,13-14,16,19,23,33H,4-5,8,11-12H2,1-3H3/t16-,19-,23+,25+/m1/s1. The second kappa shape index (κ2) is 8.77. The molecule has 0 unspecified atom stereocenters. The van der Waals surface area contributed by atoms with Crippen LogP contribution in [0.4, 0.5) is 10.2 Å². The maximum Gasteiger partial charge on any atom is 0.233 e. The first kappa shape index (κ1) is 22.4. The summed E-state index contributed by atoms with van der Waals surface area (Å²) in [4.78, 5) is 6.32. The number of nitrogens with zero attached hydrogens (tertiary/aromatic N) is 6. The van der Waals surface area contributed by atoms with Gasteiger partial charge in [0.2, 0.25) is 5.88 Å². The SMILES string of the molecule is COc1cc(-c2ccc(-c3ncc(N(C)[C@@H]4C[C@@]5(C)CCC[C@H](C5)[C@@H]4F)nn3)c(O)c2)cnn1. The number of phenols is 1. The summed E-state index contributed by atoms with van der Waals surface area (Å²) in [6.07, 6.45) is 7.33.